The summed E-state index contributed by atoms with van der Waals surface area (Å²) in [6.07, 6.45) is 3.52. The fourth-order valence-electron chi connectivity index (χ4n) is 1.54. The maximum atomic E-state index is 11.9. The molecule has 0 N–H and O–H groups in total. The minimum absolute atomic E-state index is 0.104. The van der Waals surface area contributed by atoms with E-state index in [-0.39, 0.29) is 5.91 Å². The third-order valence-corrected chi connectivity index (χ3v) is 4.04. The second-order valence-electron chi connectivity index (χ2n) is 3.92. The zero-order valence-corrected chi connectivity index (χ0v) is 12.3. The Morgan fingerprint density at radius 2 is 2.44 bits per heavy atom. The van der Waals surface area contributed by atoms with E-state index >= 15 is 0 Å². The Morgan fingerprint density at radius 1 is 1.61 bits per heavy atom. The van der Waals surface area contributed by atoms with Crippen molar-refractivity contribution < 1.29 is 4.79 Å². The van der Waals surface area contributed by atoms with Gasteiger partial charge >= 0.3 is 0 Å². The summed E-state index contributed by atoms with van der Waals surface area (Å²) in [5.74, 6) is 0.104. The predicted molar refractivity (Wildman–Crippen MR) is 73.1 cm³/mol. The molecule has 0 bridgehead atoms. The highest BCUT2D eigenvalue weighted by Crippen LogP contribution is 2.21. The number of halogens is 1. The minimum Gasteiger partial charge on any atom is -0.341 e. The Morgan fingerprint density at radius 3 is 3.06 bits per heavy atom. The van der Waals surface area contributed by atoms with Crippen molar-refractivity contribution in [2.24, 2.45) is 0 Å². The van der Waals surface area contributed by atoms with Crippen LogP contribution < -0.4 is 0 Å². The molecule has 0 aromatic carbocycles. The number of carbonyl (C=O) groups excluding carboxylic acids is 1. The fraction of sp³-hybridized carbons (Fsp3) is 0.364. The van der Waals surface area contributed by atoms with Gasteiger partial charge in [0.15, 0.2) is 0 Å². The second kappa shape index (κ2) is 6.10. The second-order valence-corrected chi connectivity index (χ2v) is 6.21. The van der Waals surface area contributed by atoms with Crippen LogP contribution >= 0.6 is 27.3 Å². The van der Waals surface area contributed by atoms with Crippen molar-refractivity contribution in [2.75, 3.05) is 7.05 Å². The smallest absolute Gasteiger partial charge is 0.224 e. The number of aromatic nitrogens is 3. The van der Waals surface area contributed by atoms with Crippen LogP contribution in [0.2, 0.25) is 0 Å². The quantitative estimate of drug-likeness (QED) is 0.845. The number of thiophene rings is 1. The zero-order chi connectivity index (χ0) is 13.0. The van der Waals surface area contributed by atoms with Gasteiger partial charge in [-0.05, 0) is 32.9 Å². The van der Waals surface area contributed by atoms with Crippen LogP contribution in [0.5, 0.6) is 0 Å². The number of rotatable bonds is 5. The van der Waals surface area contributed by atoms with Gasteiger partial charge in [0.05, 0.1) is 10.3 Å². The van der Waals surface area contributed by atoms with E-state index in [1.807, 2.05) is 18.5 Å². The molecule has 2 aromatic heterocycles. The first kappa shape index (κ1) is 13.2. The Kier molecular flexibility index (Phi) is 4.48. The molecular weight excluding hydrogens is 316 g/mol. The number of hydrogen-bond donors (Lipinski definition) is 0. The molecule has 0 saturated carbocycles. The molecule has 5 nitrogen and oxygen atoms in total. The molecule has 0 spiro atoms. The van der Waals surface area contributed by atoms with E-state index in [9.17, 15) is 4.79 Å². The van der Waals surface area contributed by atoms with E-state index < -0.39 is 0 Å². The van der Waals surface area contributed by atoms with Crippen LogP contribution in [0.15, 0.2) is 27.9 Å². The summed E-state index contributed by atoms with van der Waals surface area (Å²) in [6.45, 7) is 1.20. The van der Waals surface area contributed by atoms with Gasteiger partial charge < -0.3 is 4.90 Å². The lowest BCUT2D eigenvalue weighted by molar-refractivity contribution is -0.130. The molecule has 0 aliphatic heterocycles. The summed E-state index contributed by atoms with van der Waals surface area (Å²) in [4.78, 5) is 17.5. The summed E-state index contributed by atoms with van der Waals surface area (Å²) in [5.41, 5.74) is 1.14. The molecule has 0 unspecified atom stereocenters. The van der Waals surface area contributed by atoms with E-state index in [0.717, 1.165) is 9.35 Å². The van der Waals surface area contributed by atoms with Gasteiger partial charge in [0.1, 0.15) is 12.7 Å². The van der Waals surface area contributed by atoms with Crippen molar-refractivity contribution in [2.45, 2.75) is 19.5 Å². The van der Waals surface area contributed by atoms with Gasteiger partial charge in [0.2, 0.25) is 5.91 Å². The molecule has 2 heterocycles. The summed E-state index contributed by atoms with van der Waals surface area (Å²) >= 11 is 5.04. The Balaban J connectivity index is 1.81. The molecule has 0 aliphatic carbocycles. The van der Waals surface area contributed by atoms with Gasteiger partial charge in [-0.25, -0.2) is 4.98 Å². The number of hydrogen-bond acceptors (Lipinski definition) is 4. The molecule has 96 valence electrons. The maximum absolute atomic E-state index is 11.9. The van der Waals surface area contributed by atoms with Crippen molar-refractivity contribution in [3.05, 3.63) is 33.5 Å². The molecule has 0 saturated heterocycles. The molecule has 0 aliphatic rings. The van der Waals surface area contributed by atoms with Crippen molar-refractivity contribution in [3.8, 4) is 0 Å². The summed E-state index contributed by atoms with van der Waals surface area (Å²) in [6, 6.07) is 2.03. The van der Waals surface area contributed by atoms with Crippen LogP contribution in [0.4, 0.5) is 0 Å². The summed E-state index contributed by atoms with van der Waals surface area (Å²) in [5, 5.41) is 6.01. The SMILES string of the molecule is CN(Cc1csc(Br)c1)C(=O)CCn1cncn1. The third-order valence-electron chi connectivity index (χ3n) is 2.49. The minimum atomic E-state index is 0.104. The topological polar surface area (TPSA) is 51.0 Å². The van der Waals surface area contributed by atoms with Crippen molar-refractivity contribution in [1.29, 1.82) is 0 Å². The molecule has 0 atom stereocenters. The summed E-state index contributed by atoms with van der Waals surface area (Å²) in [7, 11) is 1.81. The molecule has 7 heteroatoms. The number of amides is 1. The van der Waals surface area contributed by atoms with Crippen molar-refractivity contribution in [1.82, 2.24) is 19.7 Å². The highest BCUT2D eigenvalue weighted by molar-refractivity contribution is 9.11. The molecule has 2 rings (SSSR count). The van der Waals surface area contributed by atoms with Crippen molar-refractivity contribution >= 4 is 33.2 Å². The van der Waals surface area contributed by atoms with Crippen LogP contribution in [0, 0.1) is 0 Å². The third kappa shape index (κ3) is 3.64. The van der Waals surface area contributed by atoms with Gasteiger partial charge in [-0.15, -0.1) is 11.3 Å². The normalized spacial score (nSPS) is 10.6. The van der Waals surface area contributed by atoms with Gasteiger partial charge in [-0.1, -0.05) is 0 Å². The van der Waals surface area contributed by atoms with Gasteiger partial charge in [0, 0.05) is 20.0 Å². The molecular formula is C11H13BrN4OS. The van der Waals surface area contributed by atoms with Crippen LogP contribution in [0.1, 0.15) is 12.0 Å². The van der Waals surface area contributed by atoms with E-state index in [1.54, 1.807) is 27.2 Å². The van der Waals surface area contributed by atoms with Crippen LogP contribution in [-0.2, 0) is 17.9 Å². The monoisotopic (exact) mass is 328 g/mol. The van der Waals surface area contributed by atoms with Crippen LogP contribution in [0.25, 0.3) is 0 Å². The fourth-order valence-corrected chi connectivity index (χ4v) is 2.74. The first-order valence-corrected chi connectivity index (χ1v) is 7.11. The first-order chi connectivity index (χ1) is 8.65. The lowest BCUT2D eigenvalue weighted by Gasteiger charge is -2.16. The average Bonchev–Trinajstić information content (AvgIpc) is 2.97. The van der Waals surface area contributed by atoms with Crippen molar-refractivity contribution in [3.63, 3.8) is 0 Å². The van der Waals surface area contributed by atoms with Crippen LogP contribution in [-0.4, -0.2) is 32.6 Å². The lowest BCUT2D eigenvalue weighted by atomic mass is 10.3. The number of nitrogens with zero attached hydrogens (tertiary/aromatic N) is 4. The van der Waals surface area contributed by atoms with Gasteiger partial charge in [0.25, 0.3) is 0 Å². The predicted octanol–water partition coefficient (Wildman–Crippen LogP) is 2.15. The molecule has 0 fully saturated rings. The maximum Gasteiger partial charge on any atom is 0.224 e. The summed E-state index contributed by atoms with van der Waals surface area (Å²) < 4.78 is 2.74. The van der Waals surface area contributed by atoms with Gasteiger partial charge in [-0.3, -0.25) is 9.48 Å². The molecule has 18 heavy (non-hydrogen) atoms. The molecule has 1 amide bonds. The number of carbonyl (C=O) groups is 1. The van der Waals surface area contributed by atoms with E-state index in [2.05, 4.69) is 26.0 Å². The molecule has 0 radical (unpaired) electrons. The first-order valence-electron chi connectivity index (χ1n) is 5.44. The average molecular weight is 329 g/mol. The van der Waals surface area contributed by atoms with E-state index in [4.69, 9.17) is 0 Å². The highest BCUT2D eigenvalue weighted by atomic mass is 79.9. The Labute approximate surface area is 118 Å². The number of aryl methyl sites for hydroxylation is 1. The zero-order valence-electron chi connectivity index (χ0n) is 9.91. The Hall–Kier alpha value is -1.21. The van der Waals surface area contributed by atoms with E-state index in [1.165, 1.54) is 6.33 Å². The van der Waals surface area contributed by atoms with Gasteiger partial charge in [-0.2, -0.15) is 5.10 Å². The molecule has 2 aromatic rings. The highest BCUT2D eigenvalue weighted by Gasteiger charge is 2.10. The van der Waals surface area contributed by atoms with Crippen LogP contribution in [0.3, 0.4) is 0 Å². The van der Waals surface area contributed by atoms with E-state index in [0.29, 0.717) is 19.5 Å². The lowest BCUT2D eigenvalue weighted by Crippen LogP contribution is -2.26. The largest absolute Gasteiger partial charge is 0.341 e. The Bertz CT molecular complexity index is 511. The standard InChI is InChI=1S/C11H13BrN4OS/c1-15(5-9-4-10(12)18-6-9)11(17)2-3-16-8-13-7-14-16/h4,6-8H,2-3,5H2,1H3.